The van der Waals surface area contributed by atoms with Crippen LogP contribution in [0.4, 0.5) is 56.9 Å². The Hall–Kier alpha value is -8.45. The summed E-state index contributed by atoms with van der Waals surface area (Å²) in [6.45, 7) is 0. The second-order valence-corrected chi connectivity index (χ2v) is 21.7. The van der Waals surface area contributed by atoms with E-state index in [-0.39, 0.29) is 79.2 Å². The van der Waals surface area contributed by atoms with Gasteiger partial charge in [-0.2, -0.15) is 16.8 Å². The van der Waals surface area contributed by atoms with Crippen molar-refractivity contribution in [3.8, 4) is 23.0 Å². The number of aromatic hydroxyl groups is 4. The number of nitrogens with one attached hydrogen (secondary N) is 2. The molecular weight excluding hydrogens is 1200 g/mol. The molecule has 0 saturated heterocycles. The van der Waals surface area contributed by atoms with Crippen LogP contribution < -0.4 is 45.8 Å². The average molecular weight is 1260 g/mol. The molecule has 37 heteroatoms. The maximum Gasteiger partial charge on any atom is 1.00 e. The number of nitrogens with zero attached hydrogens (tertiary/aromatic N) is 6. The second-order valence-electron chi connectivity index (χ2n) is 15.7. The zero-order valence-corrected chi connectivity index (χ0v) is 46.4. The molecule has 0 aromatic heterocycles. The van der Waals surface area contributed by atoms with Crippen molar-refractivity contribution >= 4 is 124 Å². The van der Waals surface area contributed by atoms with Crippen molar-refractivity contribution in [2.45, 2.75) is 9.79 Å². The number of rotatable bonds is 14. The number of phenolic OH excluding ortho intramolecular Hbond substituents is 4. The van der Waals surface area contributed by atoms with Gasteiger partial charge in [0.15, 0.2) is 11.5 Å². The number of non-ortho nitro benzene ring substituents is 2. The first kappa shape index (κ1) is 68.7. The number of nitro groups is 2. The average Bonchev–Trinajstić information content (AvgIpc) is 3.33. The summed E-state index contributed by atoms with van der Waals surface area (Å²) in [5, 5.41) is 83.7. The van der Waals surface area contributed by atoms with Crippen molar-refractivity contribution in [2.75, 3.05) is 10.6 Å². The Kier molecular flexibility index (Phi) is 22.6. The molecule has 0 aliphatic carbocycles. The molecule has 0 unspecified atom stereocenters. The molecule has 8 aromatic carbocycles. The molecular formula is C44H54CoN12O20P2S2+8. The minimum absolute atomic E-state index is 0. The first-order valence-corrected chi connectivity index (χ1v) is 26.8. The summed E-state index contributed by atoms with van der Waals surface area (Å²) in [5.74, 6) is -2.41. The van der Waals surface area contributed by atoms with Gasteiger partial charge in [0.25, 0.3) is 31.6 Å². The van der Waals surface area contributed by atoms with Crippen LogP contribution >= 0.6 is 15.2 Å². The summed E-state index contributed by atoms with van der Waals surface area (Å²) >= 11 is 0. The van der Waals surface area contributed by atoms with Crippen LogP contribution in [0.1, 0.15) is 5.71 Å². The molecule has 0 fully saturated rings. The third-order valence-corrected chi connectivity index (χ3v) is 14.1. The van der Waals surface area contributed by atoms with Gasteiger partial charge in [0.1, 0.15) is 44.0 Å². The fraction of sp³-hybridized carbons (Fsp3) is 0. The first-order valence-electron chi connectivity index (χ1n) is 20.7. The number of azo groups is 2. The molecule has 1 radical (unpaired) electrons. The molecule has 433 valence electrons. The number of hydrogen-bond donors (Lipinski definition) is 16. The Morgan fingerprint density at radius 2 is 0.802 bits per heavy atom. The number of phenols is 4. The van der Waals surface area contributed by atoms with Crippen molar-refractivity contribution in [3.05, 3.63) is 154 Å². The SMILES string of the molecule is O=[N+]([O-])c1ccc(O)c(N=Nc2c(S(=O)(=O)O)cc3cc(Nc4cccc(P(=O)(O)O)c4)ccc3c2O)c1.O=[N+]([O-])c1ccc(O)c(N=Nc2c(S(=O)(=O)O)cc3cc(Nc4cccc(P(=O)(O)O)c4)ccc3c2O)c1.[Co].[H+].[H+].[H+].[H+].[NH4+].[NH4+].[NH4+].[NH4+]. The summed E-state index contributed by atoms with van der Waals surface area (Å²) in [6.07, 6.45) is 0. The first-order chi connectivity index (χ1) is 35.5. The Balaban J connectivity index is -0.00000143. The molecule has 0 bridgehead atoms. The largest absolute Gasteiger partial charge is 1.00 e. The van der Waals surface area contributed by atoms with Gasteiger partial charge >= 0.3 is 20.9 Å². The third-order valence-electron chi connectivity index (χ3n) is 10.5. The summed E-state index contributed by atoms with van der Waals surface area (Å²) in [4.78, 5) is 56.3. The zero-order chi connectivity index (χ0) is 55.7. The van der Waals surface area contributed by atoms with E-state index >= 15 is 0 Å². The van der Waals surface area contributed by atoms with Gasteiger partial charge in [-0.15, -0.1) is 20.5 Å². The van der Waals surface area contributed by atoms with Crippen LogP contribution in [0.5, 0.6) is 23.0 Å². The number of quaternary nitrogens is 4. The van der Waals surface area contributed by atoms with Gasteiger partial charge in [-0.25, -0.2) is 0 Å². The van der Waals surface area contributed by atoms with Crippen molar-refractivity contribution in [2.24, 2.45) is 20.5 Å². The Morgan fingerprint density at radius 3 is 1.11 bits per heavy atom. The van der Waals surface area contributed by atoms with Crippen LogP contribution in [0.3, 0.4) is 0 Å². The quantitative estimate of drug-likeness (QED) is 0.0158. The van der Waals surface area contributed by atoms with Crippen LogP contribution in [0, 0.1) is 20.2 Å². The van der Waals surface area contributed by atoms with E-state index < -0.39 is 112 Å². The molecule has 32 nitrogen and oxygen atoms in total. The molecule has 81 heavy (non-hydrogen) atoms. The van der Waals surface area contributed by atoms with Gasteiger partial charge in [0.05, 0.1) is 20.5 Å². The third kappa shape index (κ3) is 16.3. The molecule has 0 heterocycles. The summed E-state index contributed by atoms with van der Waals surface area (Å²) in [7, 11) is -18.9. The monoisotopic (exact) mass is 1260 g/mol. The molecule has 0 aliphatic heterocycles. The predicted molar refractivity (Wildman–Crippen MR) is 300 cm³/mol. The second kappa shape index (κ2) is 26.7. The normalized spacial score (nSPS) is 11.4. The number of benzene rings is 8. The fourth-order valence-corrected chi connectivity index (χ4v) is 9.42. The van der Waals surface area contributed by atoms with Crippen LogP contribution in [0.2, 0.25) is 0 Å². The van der Waals surface area contributed by atoms with Gasteiger partial charge in [0.2, 0.25) is 0 Å². The van der Waals surface area contributed by atoms with Crippen molar-refractivity contribution in [3.63, 3.8) is 0 Å². The van der Waals surface area contributed by atoms with Crippen LogP contribution in [0.15, 0.2) is 164 Å². The van der Waals surface area contributed by atoms with Crippen LogP contribution in [-0.2, 0) is 46.1 Å². The van der Waals surface area contributed by atoms with E-state index in [2.05, 4.69) is 31.1 Å². The number of anilines is 4. The van der Waals surface area contributed by atoms with E-state index in [0.717, 1.165) is 48.5 Å². The van der Waals surface area contributed by atoms with Gasteiger partial charge in [0, 0.05) is 74.6 Å². The predicted octanol–water partition coefficient (Wildman–Crippen LogP) is 10.7. The Bertz CT molecular complexity index is 3880. The summed E-state index contributed by atoms with van der Waals surface area (Å²) in [5.41, 5.74) is -1.69. The van der Waals surface area contributed by atoms with E-state index in [0.29, 0.717) is 22.7 Å². The zero-order valence-electron chi connectivity index (χ0n) is 46.0. The van der Waals surface area contributed by atoms with Crippen molar-refractivity contribution in [1.82, 2.24) is 24.6 Å². The molecule has 0 spiro atoms. The molecule has 8 aromatic rings. The summed E-state index contributed by atoms with van der Waals surface area (Å²) in [6, 6.07) is 27.2. The minimum Gasteiger partial charge on any atom is -0.506 e. The number of fused-ring (bicyclic) bond motifs is 2. The van der Waals surface area contributed by atoms with Gasteiger partial charge in [-0.3, -0.25) is 38.5 Å². The molecule has 0 saturated carbocycles. The maximum atomic E-state index is 12.1. The van der Waals surface area contributed by atoms with Gasteiger partial charge < -0.3 is 75.2 Å². The van der Waals surface area contributed by atoms with E-state index in [1.54, 1.807) is 0 Å². The van der Waals surface area contributed by atoms with E-state index in [4.69, 9.17) is 0 Å². The minimum atomic E-state index is -4.97. The maximum absolute atomic E-state index is 12.1. The van der Waals surface area contributed by atoms with Gasteiger partial charge in [-0.1, -0.05) is 12.1 Å². The van der Waals surface area contributed by atoms with Crippen LogP contribution in [0.25, 0.3) is 21.5 Å². The van der Waals surface area contributed by atoms with E-state index in [9.17, 15) is 95.3 Å². The molecule has 0 aliphatic rings. The van der Waals surface area contributed by atoms with E-state index in [1.165, 1.54) is 84.9 Å². The van der Waals surface area contributed by atoms with Crippen LogP contribution in [-0.4, -0.2) is 75.8 Å². The van der Waals surface area contributed by atoms with E-state index in [1.807, 2.05) is 0 Å². The molecule has 0 amide bonds. The fourth-order valence-electron chi connectivity index (χ4n) is 6.93. The summed E-state index contributed by atoms with van der Waals surface area (Å²) < 4.78 is 90.9. The van der Waals surface area contributed by atoms with Crippen molar-refractivity contribution < 1.29 is 107 Å². The number of hydrogen-bond acceptors (Lipinski definition) is 20. The number of nitro benzene ring substituents is 2. The van der Waals surface area contributed by atoms with Crippen molar-refractivity contribution in [1.29, 1.82) is 0 Å². The Labute approximate surface area is 472 Å². The smallest absolute Gasteiger partial charge is 0.506 e. The standard InChI is InChI=1S/2C22H17N4O10PS.Co.4H3N/c2*27-19-7-5-15(26(29)30)11-18(19)24-25-21-20(38(34,35)36)9-12-8-14(4-6-17(12)22(21)28)23-13-2-1-3-16(10-13)37(31,32)33;;;;;/h2*1-11,23,27-28H,(H2,31,32,33)(H,34,35,36);;4*1H3/p+8. The molecule has 28 N–H and O–H groups in total. The molecule has 0 atom stereocenters. The van der Waals surface area contributed by atoms with Gasteiger partial charge in [-0.05, 0) is 108 Å². The topological polar surface area (TPSA) is 610 Å². The molecule has 8 rings (SSSR count). The Morgan fingerprint density at radius 1 is 0.469 bits per heavy atom.